The molecule has 2 rings (SSSR count). The summed E-state index contributed by atoms with van der Waals surface area (Å²) in [6.45, 7) is 0. The average molecular weight is 242 g/mol. The van der Waals surface area contributed by atoms with E-state index in [1.54, 1.807) is 0 Å². The first-order valence-electron chi connectivity index (χ1n) is 5.03. The number of allylic oxidation sites excluding steroid dienone is 2. The van der Waals surface area contributed by atoms with Gasteiger partial charge in [-0.3, -0.25) is 0 Å². The Hall–Kier alpha value is -0.600. The van der Waals surface area contributed by atoms with Gasteiger partial charge in [0.1, 0.15) is 0 Å². The molecular weight excluding hydrogens is 228 g/mol. The summed E-state index contributed by atoms with van der Waals surface area (Å²) >= 11 is 0. The van der Waals surface area contributed by atoms with Crippen molar-refractivity contribution in [3.63, 3.8) is 0 Å². The molecule has 0 radical (unpaired) electrons. The smallest absolute Gasteiger partial charge is 0.0961 e. The fraction of sp³-hybridized carbons (Fsp3) is 0.600. The van der Waals surface area contributed by atoms with Crippen molar-refractivity contribution in [2.75, 3.05) is 23.0 Å². The second-order valence-electron chi connectivity index (χ2n) is 3.61. The molecule has 0 bridgehead atoms. The molecule has 0 spiro atoms. The maximum Gasteiger partial charge on any atom is 0.0961 e. The molecule has 0 saturated heterocycles. The Morgan fingerprint density at radius 1 is 0.933 bits per heavy atom. The van der Waals surface area contributed by atoms with Crippen molar-refractivity contribution in [1.82, 2.24) is 0 Å². The Morgan fingerprint density at radius 2 is 1.40 bits per heavy atom. The number of hydrogen-bond donors (Lipinski definition) is 0. The summed E-state index contributed by atoms with van der Waals surface area (Å²) in [7, 11) is -0.875. The minimum absolute atomic E-state index is 0.438. The van der Waals surface area contributed by atoms with Gasteiger partial charge in [0, 0.05) is 0 Å². The van der Waals surface area contributed by atoms with Gasteiger partial charge in [-0.1, -0.05) is 23.7 Å². The number of rotatable bonds is 2. The van der Waals surface area contributed by atoms with Gasteiger partial charge in [0.2, 0.25) is 0 Å². The zero-order chi connectivity index (χ0) is 10.7. The lowest BCUT2D eigenvalue weighted by Gasteiger charge is -2.25. The Bertz CT molecular complexity index is 406. The normalized spacial score (nSPS) is 24.4. The van der Waals surface area contributed by atoms with Gasteiger partial charge in [-0.05, 0) is 12.8 Å². The van der Waals surface area contributed by atoms with Crippen LogP contribution in [0.2, 0.25) is 0 Å². The largest absolute Gasteiger partial charge is 0.467 e. The van der Waals surface area contributed by atoms with Crippen LogP contribution in [-0.4, -0.2) is 23.0 Å². The highest BCUT2D eigenvalue weighted by molar-refractivity contribution is 7.83. The van der Waals surface area contributed by atoms with Crippen LogP contribution in [0.3, 0.4) is 0 Å². The van der Waals surface area contributed by atoms with Crippen molar-refractivity contribution in [3.8, 4) is 0 Å². The zero-order valence-corrected chi connectivity index (χ0v) is 10.1. The molecule has 0 atom stereocenters. The van der Waals surface area contributed by atoms with E-state index in [0.29, 0.717) is 0 Å². The van der Waals surface area contributed by atoms with E-state index in [1.807, 2.05) is 12.2 Å². The van der Waals surface area contributed by atoms with E-state index < -0.39 is 21.0 Å². The molecule has 84 valence electrons. The maximum atomic E-state index is 9.35. The summed E-state index contributed by atoms with van der Waals surface area (Å²) in [6, 6.07) is 0. The van der Waals surface area contributed by atoms with E-state index in [1.165, 1.54) is 0 Å². The van der Waals surface area contributed by atoms with Gasteiger partial charge in [0.05, 0.1) is 11.5 Å². The van der Waals surface area contributed by atoms with E-state index in [9.17, 15) is 9.22 Å². The maximum absolute atomic E-state index is 9.35. The van der Waals surface area contributed by atoms with Crippen LogP contribution >= 0.6 is 0 Å². The molecule has 0 fully saturated rings. The van der Waals surface area contributed by atoms with Crippen LogP contribution in [0, 0.1) is 9.22 Å². The topological polar surface area (TPSA) is 56.8 Å². The van der Waals surface area contributed by atoms with Gasteiger partial charge in [0.15, 0.2) is 0 Å². The Labute approximate surface area is 94.7 Å². The van der Waals surface area contributed by atoms with Gasteiger partial charge in [0.25, 0.3) is 0 Å². The third kappa shape index (κ3) is 3.18. The van der Waals surface area contributed by atoms with E-state index in [2.05, 4.69) is 0 Å². The van der Waals surface area contributed by atoms with Crippen LogP contribution in [0.25, 0.3) is 0 Å². The quantitative estimate of drug-likeness (QED) is 0.693. The highest BCUT2D eigenvalue weighted by Crippen LogP contribution is 2.19. The first-order chi connectivity index (χ1) is 7.24. The average Bonchev–Trinajstić information content (AvgIpc) is 2.25. The molecule has 0 aliphatic carbocycles. The van der Waals surface area contributed by atoms with E-state index in [-0.39, 0.29) is 0 Å². The molecule has 0 unspecified atom stereocenters. The first kappa shape index (κ1) is 10.9. The summed E-state index contributed by atoms with van der Waals surface area (Å²) in [5, 5.41) is 0. The highest BCUT2D eigenvalue weighted by Gasteiger charge is 2.06. The van der Waals surface area contributed by atoms with Crippen molar-refractivity contribution in [2.24, 2.45) is 0 Å². The predicted octanol–water partition coefficient (Wildman–Crippen LogP) is 1.77. The summed E-state index contributed by atoms with van der Waals surface area (Å²) in [5.41, 5.74) is 0. The molecule has 2 heterocycles. The van der Waals surface area contributed by atoms with Crippen LogP contribution in [0.1, 0.15) is 12.8 Å². The van der Waals surface area contributed by atoms with Crippen molar-refractivity contribution >= 4 is 21.0 Å². The number of hydrogen-bond acceptors (Lipinski definition) is 5. The van der Waals surface area contributed by atoms with Crippen molar-refractivity contribution in [1.29, 1.82) is 9.22 Å². The van der Waals surface area contributed by atoms with Gasteiger partial charge in [-0.2, -0.15) is 0 Å². The fourth-order valence-electron chi connectivity index (χ4n) is 1.54. The van der Waals surface area contributed by atoms with Crippen LogP contribution in [0.5, 0.6) is 0 Å². The summed E-state index contributed by atoms with van der Waals surface area (Å²) in [6.07, 6.45) is 5.64. The fourth-order valence-corrected chi connectivity index (χ4v) is 3.50. The monoisotopic (exact) mass is 242 g/mol. The van der Waals surface area contributed by atoms with Crippen LogP contribution in [-0.2, 0) is 25.8 Å². The Balaban J connectivity index is 1.94. The molecule has 2 aliphatic rings. The summed E-state index contributed by atoms with van der Waals surface area (Å²) in [5.74, 6) is 5.07. The Morgan fingerprint density at radius 3 is 1.73 bits per heavy atom. The molecule has 3 nitrogen and oxygen atoms in total. The second kappa shape index (κ2) is 4.95. The van der Waals surface area contributed by atoms with Crippen molar-refractivity contribution < 1.29 is 4.74 Å². The SMILES string of the molecule is N#[S-]1CC=C(OC2=CC[S-](#N)CC2)CC1. The summed E-state index contributed by atoms with van der Waals surface area (Å²) in [4.78, 5) is 0. The molecule has 2 aliphatic heterocycles. The minimum Gasteiger partial charge on any atom is -0.467 e. The van der Waals surface area contributed by atoms with Crippen molar-refractivity contribution in [3.05, 3.63) is 23.7 Å². The molecule has 5 heteroatoms. The van der Waals surface area contributed by atoms with E-state index in [4.69, 9.17) is 4.74 Å². The first-order valence-corrected chi connectivity index (χ1v) is 8.07. The van der Waals surface area contributed by atoms with Gasteiger partial charge < -0.3 is 35.0 Å². The molecule has 0 aromatic heterocycles. The molecule has 0 aromatic rings. The number of ether oxygens (including phenoxy) is 1. The van der Waals surface area contributed by atoms with E-state index in [0.717, 1.165) is 47.4 Å². The molecule has 15 heavy (non-hydrogen) atoms. The van der Waals surface area contributed by atoms with Crippen molar-refractivity contribution in [2.45, 2.75) is 12.8 Å². The predicted molar refractivity (Wildman–Crippen MR) is 64.1 cm³/mol. The Kier molecular flexibility index (Phi) is 3.60. The standard InChI is InChI=1S/C10H14N2OS2/c11-14-5-1-9(2-6-14)13-10-3-7-15(12)8-4-10/h1,3H,2,4-8H2/q-2. The van der Waals surface area contributed by atoms with Crippen LogP contribution < -0.4 is 0 Å². The number of nitrogens with zero attached hydrogens (tertiary/aromatic N) is 2. The van der Waals surface area contributed by atoms with Gasteiger partial charge in [-0.25, -0.2) is 0 Å². The molecule has 0 aromatic carbocycles. The molecule has 0 amide bonds. The van der Waals surface area contributed by atoms with Crippen LogP contribution in [0.4, 0.5) is 0 Å². The lowest BCUT2D eigenvalue weighted by molar-refractivity contribution is 0.282. The second-order valence-corrected chi connectivity index (χ2v) is 6.94. The molecular formula is C10H14N2OS2-2. The molecule has 0 saturated carbocycles. The van der Waals surface area contributed by atoms with Gasteiger partial charge in [-0.15, -0.1) is 11.5 Å². The zero-order valence-electron chi connectivity index (χ0n) is 8.52. The summed E-state index contributed by atoms with van der Waals surface area (Å²) < 4.78 is 24.4. The lowest BCUT2D eigenvalue weighted by Crippen LogP contribution is -2.12. The third-order valence-corrected chi connectivity index (χ3v) is 4.89. The van der Waals surface area contributed by atoms with E-state index >= 15 is 0 Å². The third-order valence-electron chi connectivity index (χ3n) is 2.44. The van der Waals surface area contributed by atoms with Gasteiger partial charge >= 0.3 is 0 Å². The minimum atomic E-state index is -0.438. The lowest BCUT2D eigenvalue weighted by atomic mass is 10.3. The molecule has 0 N–H and O–H groups in total. The highest BCUT2D eigenvalue weighted by atomic mass is 32.2. The van der Waals surface area contributed by atoms with Crippen LogP contribution in [0.15, 0.2) is 23.7 Å².